The molecule has 0 atom stereocenters. The van der Waals surface area contributed by atoms with Crippen molar-refractivity contribution >= 4 is 11.8 Å². The molecule has 0 bridgehead atoms. The molecule has 1 saturated carbocycles. The van der Waals surface area contributed by atoms with E-state index < -0.39 is 0 Å². The standard InChI is InChI=1S/C18H26N2O3/c1-14(21)20(12-11-15-5-3-2-4-6-15)13-18(23)19-16-7-9-17(22)10-8-16/h2-6,16-17,22H,7-13H2,1H3,(H,19,23). The van der Waals surface area contributed by atoms with Crippen LogP contribution in [0.1, 0.15) is 38.2 Å². The summed E-state index contributed by atoms with van der Waals surface area (Å²) in [6.45, 7) is 2.13. The summed E-state index contributed by atoms with van der Waals surface area (Å²) in [4.78, 5) is 25.5. The fraction of sp³-hybridized carbons (Fsp3) is 0.556. The van der Waals surface area contributed by atoms with Gasteiger partial charge in [-0.05, 0) is 37.7 Å². The number of nitrogens with zero attached hydrogens (tertiary/aromatic N) is 1. The molecular formula is C18H26N2O3. The summed E-state index contributed by atoms with van der Waals surface area (Å²) >= 11 is 0. The van der Waals surface area contributed by atoms with Crippen molar-refractivity contribution in [2.24, 2.45) is 0 Å². The molecule has 0 aliphatic heterocycles. The zero-order chi connectivity index (χ0) is 16.7. The molecule has 1 aromatic carbocycles. The molecule has 0 spiro atoms. The number of aliphatic hydroxyl groups is 1. The first kappa shape index (κ1) is 17.5. The van der Waals surface area contributed by atoms with Gasteiger partial charge in [0.05, 0.1) is 12.6 Å². The lowest BCUT2D eigenvalue weighted by molar-refractivity contribution is -0.134. The van der Waals surface area contributed by atoms with E-state index in [4.69, 9.17) is 0 Å². The maximum atomic E-state index is 12.2. The molecule has 0 aromatic heterocycles. The van der Waals surface area contributed by atoms with Crippen molar-refractivity contribution < 1.29 is 14.7 Å². The summed E-state index contributed by atoms with van der Waals surface area (Å²) in [5.41, 5.74) is 1.15. The summed E-state index contributed by atoms with van der Waals surface area (Å²) < 4.78 is 0. The predicted octanol–water partition coefficient (Wildman–Crippen LogP) is 1.50. The minimum absolute atomic E-state index is 0.0878. The Bertz CT molecular complexity index is 510. The fourth-order valence-electron chi connectivity index (χ4n) is 2.92. The van der Waals surface area contributed by atoms with Gasteiger partial charge in [0, 0.05) is 19.5 Å². The van der Waals surface area contributed by atoms with E-state index in [0.29, 0.717) is 6.54 Å². The Kier molecular flexibility index (Phi) is 6.59. The van der Waals surface area contributed by atoms with E-state index in [1.165, 1.54) is 6.92 Å². The third-order valence-corrected chi connectivity index (χ3v) is 4.35. The molecule has 5 nitrogen and oxygen atoms in total. The molecule has 0 radical (unpaired) electrons. The Morgan fingerprint density at radius 1 is 1.17 bits per heavy atom. The molecule has 1 aromatic rings. The van der Waals surface area contributed by atoms with Gasteiger partial charge in [0.2, 0.25) is 11.8 Å². The number of benzene rings is 1. The van der Waals surface area contributed by atoms with Crippen molar-refractivity contribution in [3.8, 4) is 0 Å². The molecule has 126 valence electrons. The third-order valence-electron chi connectivity index (χ3n) is 4.35. The van der Waals surface area contributed by atoms with Crippen LogP contribution in [0.15, 0.2) is 30.3 Å². The van der Waals surface area contributed by atoms with Crippen LogP contribution in [-0.2, 0) is 16.0 Å². The summed E-state index contributed by atoms with van der Waals surface area (Å²) in [7, 11) is 0. The molecule has 1 aliphatic carbocycles. The molecule has 2 N–H and O–H groups in total. The summed E-state index contributed by atoms with van der Waals surface area (Å²) in [6.07, 6.45) is 3.57. The first-order valence-electron chi connectivity index (χ1n) is 8.31. The van der Waals surface area contributed by atoms with Crippen LogP contribution >= 0.6 is 0 Å². The van der Waals surface area contributed by atoms with Crippen LogP contribution in [0.3, 0.4) is 0 Å². The van der Waals surface area contributed by atoms with Gasteiger partial charge < -0.3 is 15.3 Å². The second kappa shape index (κ2) is 8.67. The Labute approximate surface area is 137 Å². The quantitative estimate of drug-likeness (QED) is 0.835. The number of carbonyl (C=O) groups excluding carboxylic acids is 2. The van der Waals surface area contributed by atoms with E-state index in [9.17, 15) is 14.7 Å². The Hall–Kier alpha value is -1.88. The van der Waals surface area contributed by atoms with Crippen molar-refractivity contribution in [1.82, 2.24) is 10.2 Å². The smallest absolute Gasteiger partial charge is 0.239 e. The van der Waals surface area contributed by atoms with E-state index in [2.05, 4.69) is 5.32 Å². The number of aliphatic hydroxyl groups excluding tert-OH is 1. The molecule has 2 amide bonds. The van der Waals surface area contributed by atoms with Crippen LogP contribution in [0.25, 0.3) is 0 Å². The van der Waals surface area contributed by atoms with Crippen molar-refractivity contribution in [2.75, 3.05) is 13.1 Å². The molecule has 2 rings (SSSR count). The molecule has 0 saturated heterocycles. The SMILES string of the molecule is CC(=O)N(CCc1ccccc1)CC(=O)NC1CCC(O)CC1. The zero-order valence-corrected chi connectivity index (χ0v) is 13.7. The fourth-order valence-corrected chi connectivity index (χ4v) is 2.92. The van der Waals surface area contributed by atoms with Crippen molar-refractivity contribution in [3.05, 3.63) is 35.9 Å². The average Bonchev–Trinajstić information content (AvgIpc) is 2.54. The number of amides is 2. The van der Waals surface area contributed by atoms with E-state index in [-0.39, 0.29) is 30.5 Å². The second-order valence-electron chi connectivity index (χ2n) is 6.25. The number of rotatable bonds is 6. The van der Waals surface area contributed by atoms with Crippen LogP contribution in [0, 0.1) is 0 Å². The van der Waals surface area contributed by atoms with Crippen LogP contribution in [0.2, 0.25) is 0 Å². The van der Waals surface area contributed by atoms with Crippen LogP contribution < -0.4 is 5.32 Å². The third kappa shape index (κ3) is 6.02. The molecule has 1 fully saturated rings. The van der Waals surface area contributed by atoms with Gasteiger partial charge in [0.15, 0.2) is 0 Å². The number of hydrogen-bond acceptors (Lipinski definition) is 3. The molecule has 5 heteroatoms. The minimum Gasteiger partial charge on any atom is -0.393 e. The highest BCUT2D eigenvalue weighted by atomic mass is 16.3. The maximum absolute atomic E-state index is 12.2. The van der Waals surface area contributed by atoms with Gasteiger partial charge in [0.25, 0.3) is 0 Å². The summed E-state index contributed by atoms with van der Waals surface area (Å²) in [5, 5.41) is 12.5. The van der Waals surface area contributed by atoms with Gasteiger partial charge >= 0.3 is 0 Å². The largest absolute Gasteiger partial charge is 0.393 e. The van der Waals surface area contributed by atoms with Gasteiger partial charge in [0.1, 0.15) is 0 Å². The zero-order valence-electron chi connectivity index (χ0n) is 13.7. The maximum Gasteiger partial charge on any atom is 0.239 e. The lowest BCUT2D eigenvalue weighted by Crippen LogP contribution is -2.45. The average molecular weight is 318 g/mol. The van der Waals surface area contributed by atoms with Gasteiger partial charge in [-0.3, -0.25) is 9.59 Å². The van der Waals surface area contributed by atoms with Crippen molar-refractivity contribution in [1.29, 1.82) is 0 Å². The van der Waals surface area contributed by atoms with Crippen molar-refractivity contribution in [2.45, 2.75) is 51.2 Å². The lowest BCUT2D eigenvalue weighted by Gasteiger charge is -2.27. The van der Waals surface area contributed by atoms with E-state index in [1.54, 1.807) is 4.90 Å². The highest BCUT2D eigenvalue weighted by Gasteiger charge is 2.22. The number of hydrogen-bond donors (Lipinski definition) is 2. The second-order valence-corrected chi connectivity index (χ2v) is 6.25. The molecular weight excluding hydrogens is 292 g/mol. The summed E-state index contributed by atoms with van der Waals surface area (Å²) in [5.74, 6) is -0.204. The molecule has 23 heavy (non-hydrogen) atoms. The number of carbonyl (C=O) groups is 2. The number of nitrogens with one attached hydrogen (secondary N) is 1. The first-order valence-corrected chi connectivity index (χ1v) is 8.31. The Morgan fingerprint density at radius 3 is 2.43 bits per heavy atom. The Morgan fingerprint density at radius 2 is 1.83 bits per heavy atom. The first-order chi connectivity index (χ1) is 11.0. The van der Waals surface area contributed by atoms with Gasteiger partial charge in [-0.15, -0.1) is 0 Å². The van der Waals surface area contributed by atoms with Crippen LogP contribution in [0.4, 0.5) is 0 Å². The molecule has 0 heterocycles. The highest BCUT2D eigenvalue weighted by molar-refractivity contribution is 5.83. The topological polar surface area (TPSA) is 69.6 Å². The molecule has 1 aliphatic rings. The normalized spacial score (nSPS) is 20.8. The van der Waals surface area contributed by atoms with Crippen molar-refractivity contribution in [3.63, 3.8) is 0 Å². The van der Waals surface area contributed by atoms with Crippen LogP contribution in [0.5, 0.6) is 0 Å². The molecule has 0 unspecified atom stereocenters. The summed E-state index contributed by atoms with van der Waals surface area (Å²) in [6, 6.07) is 10.1. The predicted molar refractivity (Wildman–Crippen MR) is 88.8 cm³/mol. The van der Waals surface area contributed by atoms with E-state index in [0.717, 1.165) is 37.7 Å². The minimum atomic E-state index is -0.234. The Balaban J connectivity index is 1.79. The van der Waals surface area contributed by atoms with Gasteiger partial charge in [-0.25, -0.2) is 0 Å². The highest BCUT2D eigenvalue weighted by Crippen LogP contribution is 2.18. The van der Waals surface area contributed by atoms with E-state index in [1.807, 2.05) is 30.3 Å². The van der Waals surface area contributed by atoms with Gasteiger partial charge in [-0.2, -0.15) is 0 Å². The van der Waals surface area contributed by atoms with Gasteiger partial charge in [-0.1, -0.05) is 30.3 Å². The van der Waals surface area contributed by atoms with E-state index >= 15 is 0 Å². The monoisotopic (exact) mass is 318 g/mol. The van der Waals surface area contributed by atoms with Crippen LogP contribution in [-0.4, -0.2) is 47.1 Å². The lowest BCUT2D eigenvalue weighted by atomic mass is 9.93.